The lowest BCUT2D eigenvalue weighted by molar-refractivity contribution is -0.119. The first-order valence-electron chi connectivity index (χ1n) is 7.50. The van der Waals surface area contributed by atoms with Crippen molar-refractivity contribution in [1.29, 1.82) is 0 Å². The maximum absolute atomic E-state index is 13.0. The summed E-state index contributed by atoms with van der Waals surface area (Å²) in [7, 11) is 2.94. The predicted octanol–water partition coefficient (Wildman–Crippen LogP) is 3.60. The van der Waals surface area contributed by atoms with Crippen LogP contribution < -0.4 is 14.8 Å². The highest BCUT2D eigenvalue weighted by molar-refractivity contribution is 6.33. The minimum atomic E-state index is -0.720. The van der Waals surface area contributed by atoms with Gasteiger partial charge in [0, 0.05) is 5.56 Å². The van der Waals surface area contributed by atoms with E-state index in [1.54, 1.807) is 6.92 Å². The van der Waals surface area contributed by atoms with Crippen LogP contribution in [0.25, 0.3) is 0 Å². The number of hydrogen-bond donors (Lipinski definition) is 1. The second-order valence-electron chi connectivity index (χ2n) is 5.25. The highest BCUT2D eigenvalue weighted by atomic mass is 35.5. The molecule has 0 aliphatic heterocycles. The van der Waals surface area contributed by atoms with Crippen molar-refractivity contribution >= 4 is 29.2 Å². The lowest BCUT2D eigenvalue weighted by Crippen LogP contribution is -2.21. The first-order chi connectivity index (χ1) is 12.3. The molecule has 8 heteroatoms. The van der Waals surface area contributed by atoms with Crippen LogP contribution >= 0.6 is 11.6 Å². The number of rotatable bonds is 6. The standard InChI is InChI=1S/C18H17ClFNO5/c1-10-15(24-2)6-11(7-16(10)25-3)18(23)26-9-17(22)21-14-5-4-12(20)8-13(14)19/h4-8H,9H2,1-3H3,(H,21,22). The van der Waals surface area contributed by atoms with Crippen LogP contribution in [0.1, 0.15) is 15.9 Å². The van der Waals surface area contributed by atoms with Crippen LogP contribution in [0.4, 0.5) is 10.1 Å². The lowest BCUT2D eigenvalue weighted by Gasteiger charge is -2.12. The SMILES string of the molecule is COc1cc(C(=O)OCC(=O)Nc2ccc(F)cc2Cl)cc(OC)c1C. The molecule has 1 amide bonds. The molecule has 2 aromatic rings. The van der Waals surface area contributed by atoms with E-state index < -0.39 is 24.3 Å². The molecule has 1 N–H and O–H groups in total. The molecule has 6 nitrogen and oxygen atoms in total. The summed E-state index contributed by atoms with van der Waals surface area (Å²) < 4.78 is 28.4. The van der Waals surface area contributed by atoms with E-state index in [9.17, 15) is 14.0 Å². The molecule has 0 saturated heterocycles. The predicted molar refractivity (Wildman–Crippen MR) is 94.6 cm³/mol. The van der Waals surface area contributed by atoms with Gasteiger partial charge in [-0.25, -0.2) is 9.18 Å². The molecule has 0 aliphatic rings. The maximum atomic E-state index is 13.0. The van der Waals surface area contributed by atoms with E-state index in [2.05, 4.69) is 5.32 Å². The Hall–Kier alpha value is -2.80. The van der Waals surface area contributed by atoms with Gasteiger partial charge in [-0.15, -0.1) is 0 Å². The summed E-state index contributed by atoms with van der Waals surface area (Å²) in [6, 6.07) is 6.52. The van der Waals surface area contributed by atoms with E-state index in [0.29, 0.717) is 11.5 Å². The molecule has 26 heavy (non-hydrogen) atoms. The molecule has 0 unspecified atom stereocenters. The van der Waals surface area contributed by atoms with E-state index in [-0.39, 0.29) is 16.3 Å². The van der Waals surface area contributed by atoms with E-state index in [1.165, 1.54) is 32.4 Å². The number of esters is 1. The van der Waals surface area contributed by atoms with Crippen molar-refractivity contribution in [2.24, 2.45) is 0 Å². The molecule has 0 atom stereocenters. The fraction of sp³-hybridized carbons (Fsp3) is 0.222. The summed E-state index contributed by atoms with van der Waals surface area (Å²) in [5.41, 5.74) is 1.12. The van der Waals surface area contributed by atoms with Crippen LogP contribution in [0, 0.1) is 12.7 Å². The summed E-state index contributed by atoms with van der Waals surface area (Å²) in [5, 5.41) is 2.47. The van der Waals surface area contributed by atoms with Gasteiger partial charge in [0.1, 0.15) is 17.3 Å². The Balaban J connectivity index is 2.03. The highest BCUT2D eigenvalue weighted by Crippen LogP contribution is 2.29. The first kappa shape index (κ1) is 19.5. The van der Waals surface area contributed by atoms with Crippen molar-refractivity contribution in [3.63, 3.8) is 0 Å². The van der Waals surface area contributed by atoms with E-state index in [0.717, 1.165) is 17.7 Å². The number of benzene rings is 2. The van der Waals surface area contributed by atoms with Gasteiger partial charge in [0.05, 0.1) is 30.5 Å². The van der Waals surface area contributed by atoms with Crippen molar-refractivity contribution in [1.82, 2.24) is 0 Å². The topological polar surface area (TPSA) is 73.9 Å². The quantitative estimate of drug-likeness (QED) is 0.774. The summed E-state index contributed by atoms with van der Waals surface area (Å²) in [6.07, 6.45) is 0. The number of carbonyl (C=O) groups is 2. The van der Waals surface area contributed by atoms with Gasteiger partial charge in [-0.2, -0.15) is 0 Å². The zero-order valence-corrected chi connectivity index (χ0v) is 15.1. The zero-order valence-electron chi connectivity index (χ0n) is 14.4. The fourth-order valence-electron chi connectivity index (χ4n) is 2.20. The van der Waals surface area contributed by atoms with Gasteiger partial charge in [-0.05, 0) is 37.3 Å². The Bertz CT molecular complexity index is 815. The Morgan fingerprint density at radius 1 is 1.12 bits per heavy atom. The van der Waals surface area contributed by atoms with Gasteiger partial charge in [0.25, 0.3) is 5.91 Å². The zero-order chi connectivity index (χ0) is 19.3. The number of methoxy groups -OCH3 is 2. The number of carbonyl (C=O) groups excluding carboxylic acids is 2. The fourth-order valence-corrected chi connectivity index (χ4v) is 2.41. The van der Waals surface area contributed by atoms with Crippen LogP contribution in [-0.2, 0) is 9.53 Å². The van der Waals surface area contributed by atoms with Gasteiger partial charge in [-0.3, -0.25) is 4.79 Å². The molecule has 0 saturated carbocycles. The minimum absolute atomic E-state index is 0.0395. The second-order valence-corrected chi connectivity index (χ2v) is 5.66. The Kier molecular flexibility index (Phi) is 6.41. The Labute approximate surface area is 154 Å². The largest absolute Gasteiger partial charge is 0.496 e. The van der Waals surface area contributed by atoms with E-state index in [1.807, 2.05) is 0 Å². The third kappa shape index (κ3) is 4.64. The molecule has 0 spiro atoms. The molecule has 138 valence electrons. The van der Waals surface area contributed by atoms with Crippen LogP contribution in [0.15, 0.2) is 30.3 Å². The Morgan fingerprint density at radius 2 is 1.73 bits per heavy atom. The number of halogens is 2. The smallest absolute Gasteiger partial charge is 0.338 e. The van der Waals surface area contributed by atoms with Gasteiger partial charge in [-0.1, -0.05) is 11.6 Å². The van der Waals surface area contributed by atoms with Gasteiger partial charge >= 0.3 is 5.97 Å². The van der Waals surface area contributed by atoms with Crippen LogP contribution in [0.3, 0.4) is 0 Å². The van der Waals surface area contributed by atoms with Crippen molar-refractivity contribution in [3.05, 3.63) is 52.3 Å². The maximum Gasteiger partial charge on any atom is 0.338 e. The van der Waals surface area contributed by atoms with Crippen molar-refractivity contribution in [2.45, 2.75) is 6.92 Å². The summed E-state index contributed by atoms with van der Waals surface area (Å²) in [4.78, 5) is 24.1. The first-order valence-corrected chi connectivity index (χ1v) is 7.88. The minimum Gasteiger partial charge on any atom is -0.496 e. The molecule has 2 rings (SSSR count). The molecule has 0 aliphatic carbocycles. The van der Waals surface area contributed by atoms with Crippen LogP contribution in [-0.4, -0.2) is 32.7 Å². The van der Waals surface area contributed by atoms with Crippen molar-refractivity contribution in [2.75, 3.05) is 26.1 Å². The Morgan fingerprint density at radius 3 is 2.27 bits per heavy atom. The third-order valence-corrected chi connectivity index (χ3v) is 3.84. The summed E-state index contributed by atoms with van der Waals surface area (Å²) >= 11 is 5.82. The van der Waals surface area contributed by atoms with Crippen molar-refractivity contribution in [3.8, 4) is 11.5 Å². The second kappa shape index (κ2) is 8.53. The number of ether oxygens (including phenoxy) is 3. The average Bonchev–Trinajstić information content (AvgIpc) is 2.62. The highest BCUT2D eigenvalue weighted by Gasteiger charge is 2.16. The van der Waals surface area contributed by atoms with Crippen LogP contribution in [0.2, 0.25) is 5.02 Å². The third-order valence-electron chi connectivity index (χ3n) is 3.53. The monoisotopic (exact) mass is 381 g/mol. The van der Waals surface area contributed by atoms with Crippen LogP contribution in [0.5, 0.6) is 11.5 Å². The number of nitrogens with one attached hydrogen (secondary N) is 1. The summed E-state index contributed by atoms with van der Waals surface area (Å²) in [6.45, 7) is 1.25. The molecule has 0 bridgehead atoms. The molecule has 0 radical (unpaired) electrons. The number of hydrogen-bond acceptors (Lipinski definition) is 5. The molecule has 0 aromatic heterocycles. The number of amides is 1. The molecule has 0 fully saturated rings. The molecular weight excluding hydrogens is 365 g/mol. The molecule has 0 heterocycles. The molecular formula is C18H17ClFNO5. The number of anilines is 1. The van der Waals surface area contributed by atoms with Gasteiger partial charge in [0.15, 0.2) is 6.61 Å². The van der Waals surface area contributed by atoms with E-state index in [4.69, 9.17) is 25.8 Å². The van der Waals surface area contributed by atoms with Gasteiger partial charge in [0.2, 0.25) is 0 Å². The molecule has 2 aromatic carbocycles. The lowest BCUT2D eigenvalue weighted by atomic mass is 10.1. The average molecular weight is 382 g/mol. The summed E-state index contributed by atoms with van der Waals surface area (Å²) in [5.74, 6) is -0.945. The van der Waals surface area contributed by atoms with E-state index >= 15 is 0 Å². The van der Waals surface area contributed by atoms with Gasteiger partial charge < -0.3 is 19.5 Å². The normalized spacial score (nSPS) is 10.2. The van der Waals surface area contributed by atoms with Crippen molar-refractivity contribution < 1.29 is 28.2 Å².